The highest BCUT2D eigenvalue weighted by Crippen LogP contribution is 2.19. The Balaban J connectivity index is 2.46. The summed E-state index contributed by atoms with van der Waals surface area (Å²) in [6.07, 6.45) is 3.08. The van der Waals surface area contributed by atoms with Crippen LogP contribution in [0.15, 0.2) is 18.2 Å². The number of fused-ring (bicyclic) bond motifs is 1. The molecule has 0 aromatic heterocycles. The van der Waals surface area contributed by atoms with E-state index >= 15 is 0 Å². The molecule has 0 unspecified atom stereocenters. The molecule has 0 radical (unpaired) electrons. The van der Waals surface area contributed by atoms with Crippen molar-refractivity contribution in [2.75, 3.05) is 13.6 Å². The monoisotopic (exact) mass is 203 g/mol. The molecule has 1 aromatic carbocycles. The van der Waals surface area contributed by atoms with Crippen LogP contribution in [0.3, 0.4) is 0 Å². The Morgan fingerprint density at radius 2 is 2.20 bits per heavy atom. The number of rotatable bonds is 1. The predicted molar refractivity (Wildman–Crippen MR) is 61.1 cm³/mol. The Bertz CT molecular complexity index is 384. The average molecular weight is 203 g/mol. The third kappa shape index (κ3) is 1.89. The standard InChI is InChI=1S/C13H17NO/c1-3-10-6-7-11-5-4-8-14(2)13(15)12(11)9-10/h6-7,9H,3-5,8H2,1-2H3. The summed E-state index contributed by atoms with van der Waals surface area (Å²) >= 11 is 0. The van der Waals surface area contributed by atoms with Crippen molar-refractivity contribution in [2.24, 2.45) is 0 Å². The molecular weight excluding hydrogens is 186 g/mol. The van der Waals surface area contributed by atoms with Gasteiger partial charge in [0.05, 0.1) is 0 Å². The van der Waals surface area contributed by atoms with E-state index in [0.717, 1.165) is 31.4 Å². The third-order valence-electron chi connectivity index (χ3n) is 3.10. The molecule has 15 heavy (non-hydrogen) atoms. The van der Waals surface area contributed by atoms with Crippen molar-refractivity contribution in [3.05, 3.63) is 34.9 Å². The number of carbonyl (C=O) groups is 1. The summed E-state index contributed by atoms with van der Waals surface area (Å²) < 4.78 is 0. The first-order chi connectivity index (χ1) is 7.22. The molecule has 0 spiro atoms. The van der Waals surface area contributed by atoms with Crippen molar-refractivity contribution in [3.63, 3.8) is 0 Å². The van der Waals surface area contributed by atoms with E-state index in [-0.39, 0.29) is 5.91 Å². The van der Waals surface area contributed by atoms with Gasteiger partial charge in [0.1, 0.15) is 0 Å². The summed E-state index contributed by atoms with van der Waals surface area (Å²) in [5.41, 5.74) is 3.37. The zero-order chi connectivity index (χ0) is 10.8. The highest BCUT2D eigenvalue weighted by atomic mass is 16.2. The van der Waals surface area contributed by atoms with Gasteiger partial charge in [-0.25, -0.2) is 0 Å². The summed E-state index contributed by atoms with van der Waals surface area (Å²) in [6, 6.07) is 6.31. The molecule has 1 heterocycles. The van der Waals surface area contributed by atoms with Gasteiger partial charge in [-0.05, 0) is 36.5 Å². The van der Waals surface area contributed by atoms with E-state index in [9.17, 15) is 4.79 Å². The normalized spacial score (nSPS) is 16.1. The van der Waals surface area contributed by atoms with E-state index in [0.29, 0.717) is 0 Å². The SMILES string of the molecule is CCc1ccc2c(c1)C(=O)N(C)CCC2. The van der Waals surface area contributed by atoms with Crippen LogP contribution in [0, 0.1) is 0 Å². The van der Waals surface area contributed by atoms with Crippen LogP contribution in [0.5, 0.6) is 0 Å². The number of aryl methyl sites for hydroxylation is 2. The molecule has 0 N–H and O–H groups in total. The average Bonchev–Trinajstić information content (AvgIpc) is 2.40. The molecule has 0 saturated heterocycles. The van der Waals surface area contributed by atoms with Gasteiger partial charge in [-0.2, -0.15) is 0 Å². The van der Waals surface area contributed by atoms with E-state index in [1.165, 1.54) is 11.1 Å². The molecule has 0 aliphatic carbocycles. The molecular formula is C13H17NO. The number of nitrogens with zero attached hydrogens (tertiary/aromatic N) is 1. The largest absolute Gasteiger partial charge is 0.342 e. The minimum atomic E-state index is 0.179. The minimum absolute atomic E-state index is 0.179. The third-order valence-corrected chi connectivity index (χ3v) is 3.10. The lowest BCUT2D eigenvalue weighted by molar-refractivity contribution is 0.0800. The van der Waals surface area contributed by atoms with Gasteiger partial charge in [0, 0.05) is 19.2 Å². The summed E-state index contributed by atoms with van der Waals surface area (Å²) in [6.45, 7) is 2.99. The molecule has 0 atom stereocenters. The van der Waals surface area contributed by atoms with Crippen molar-refractivity contribution in [1.82, 2.24) is 4.90 Å². The number of hydrogen-bond acceptors (Lipinski definition) is 1. The zero-order valence-electron chi connectivity index (χ0n) is 9.42. The first-order valence-electron chi connectivity index (χ1n) is 5.59. The van der Waals surface area contributed by atoms with Crippen LogP contribution in [0.25, 0.3) is 0 Å². The lowest BCUT2D eigenvalue weighted by atomic mass is 10.00. The van der Waals surface area contributed by atoms with Gasteiger partial charge in [-0.1, -0.05) is 19.1 Å². The molecule has 80 valence electrons. The molecule has 1 amide bonds. The number of carbonyl (C=O) groups excluding carboxylic acids is 1. The van der Waals surface area contributed by atoms with E-state index in [1.807, 2.05) is 11.9 Å². The first kappa shape index (κ1) is 10.2. The molecule has 1 aromatic rings. The smallest absolute Gasteiger partial charge is 0.253 e. The topological polar surface area (TPSA) is 20.3 Å². The van der Waals surface area contributed by atoms with Gasteiger partial charge in [0.25, 0.3) is 5.91 Å². The van der Waals surface area contributed by atoms with Crippen LogP contribution in [0.4, 0.5) is 0 Å². The van der Waals surface area contributed by atoms with Crippen molar-refractivity contribution in [2.45, 2.75) is 26.2 Å². The second kappa shape index (κ2) is 4.05. The summed E-state index contributed by atoms with van der Waals surface area (Å²) in [7, 11) is 1.88. The van der Waals surface area contributed by atoms with Crippen molar-refractivity contribution in [1.29, 1.82) is 0 Å². The fourth-order valence-corrected chi connectivity index (χ4v) is 2.07. The molecule has 0 bridgehead atoms. The van der Waals surface area contributed by atoms with Crippen LogP contribution in [0.2, 0.25) is 0 Å². The van der Waals surface area contributed by atoms with Crippen molar-refractivity contribution >= 4 is 5.91 Å². The fraction of sp³-hybridized carbons (Fsp3) is 0.462. The lowest BCUT2D eigenvalue weighted by Gasteiger charge is -2.14. The second-order valence-electron chi connectivity index (χ2n) is 4.18. The summed E-state index contributed by atoms with van der Waals surface area (Å²) in [5.74, 6) is 0.179. The van der Waals surface area contributed by atoms with Crippen LogP contribution in [-0.2, 0) is 12.8 Å². The molecule has 2 heteroatoms. The molecule has 1 aliphatic rings. The van der Waals surface area contributed by atoms with Gasteiger partial charge in [-0.3, -0.25) is 4.79 Å². The predicted octanol–water partition coefficient (Wildman–Crippen LogP) is 2.27. The lowest BCUT2D eigenvalue weighted by Crippen LogP contribution is -2.26. The Morgan fingerprint density at radius 3 is 2.93 bits per heavy atom. The fourth-order valence-electron chi connectivity index (χ4n) is 2.07. The Kier molecular flexibility index (Phi) is 2.76. The highest BCUT2D eigenvalue weighted by molar-refractivity contribution is 5.96. The van der Waals surface area contributed by atoms with Gasteiger partial charge >= 0.3 is 0 Å². The molecule has 1 aliphatic heterocycles. The van der Waals surface area contributed by atoms with Crippen LogP contribution in [-0.4, -0.2) is 24.4 Å². The van der Waals surface area contributed by atoms with E-state index in [2.05, 4.69) is 25.1 Å². The van der Waals surface area contributed by atoms with Gasteiger partial charge in [0.15, 0.2) is 0 Å². The van der Waals surface area contributed by atoms with Crippen LogP contribution in [0.1, 0.15) is 34.8 Å². The van der Waals surface area contributed by atoms with Crippen molar-refractivity contribution in [3.8, 4) is 0 Å². The van der Waals surface area contributed by atoms with E-state index in [1.54, 1.807) is 0 Å². The van der Waals surface area contributed by atoms with Crippen LogP contribution < -0.4 is 0 Å². The maximum atomic E-state index is 12.0. The quantitative estimate of drug-likeness (QED) is 0.685. The van der Waals surface area contributed by atoms with Gasteiger partial charge in [-0.15, -0.1) is 0 Å². The highest BCUT2D eigenvalue weighted by Gasteiger charge is 2.19. The Labute approximate surface area is 90.9 Å². The second-order valence-corrected chi connectivity index (χ2v) is 4.18. The number of hydrogen-bond donors (Lipinski definition) is 0. The van der Waals surface area contributed by atoms with Gasteiger partial charge in [0.2, 0.25) is 0 Å². The number of amides is 1. The maximum absolute atomic E-state index is 12.0. The van der Waals surface area contributed by atoms with E-state index < -0.39 is 0 Å². The molecule has 0 fully saturated rings. The zero-order valence-corrected chi connectivity index (χ0v) is 9.42. The minimum Gasteiger partial charge on any atom is -0.342 e. The molecule has 2 nitrogen and oxygen atoms in total. The van der Waals surface area contributed by atoms with E-state index in [4.69, 9.17) is 0 Å². The molecule has 2 rings (SSSR count). The van der Waals surface area contributed by atoms with Crippen molar-refractivity contribution < 1.29 is 4.79 Å². The Hall–Kier alpha value is -1.31. The summed E-state index contributed by atoms with van der Waals surface area (Å²) in [5, 5.41) is 0. The summed E-state index contributed by atoms with van der Waals surface area (Å²) in [4.78, 5) is 13.9. The Morgan fingerprint density at radius 1 is 1.40 bits per heavy atom. The molecule has 0 saturated carbocycles. The van der Waals surface area contributed by atoms with Gasteiger partial charge < -0.3 is 4.90 Å². The number of benzene rings is 1. The maximum Gasteiger partial charge on any atom is 0.253 e. The van der Waals surface area contributed by atoms with Crippen LogP contribution >= 0.6 is 0 Å². The first-order valence-corrected chi connectivity index (χ1v) is 5.59.